The summed E-state index contributed by atoms with van der Waals surface area (Å²) in [7, 11) is 0. The van der Waals surface area contributed by atoms with Gasteiger partial charge < -0.3 is 0 Å². The molecule has 0 amide bonds. The van der Waals surface area contributed by atoms with Crippen molar-refractivity contribution in [2.24, 2.45) is 11.3 Å². The molecule has 0 radical (unpaired) electrons. The van der Waals surface area contributed by atoms with Crippen molar-refractivity contribution in [2.45, 2.75) is 32.1 Å². The molecule has 0 heterocycles. The number of carbonyl (C=O) groups is 1. The first-order valence-electron chi connectivity index (χ1n) is 8.64. The quantitative estimate of drug-likeness (QED) is 0.661. The highest BCUT2D eigenvalue weighted by Crippen LogP contribution is 2.58. The molecule has 1 spiro atoms. The summed E-state index contributed by atoms with van der Waals surface area (Å²) in [6.07, 6.45) is 7.80. The number of carbonyl (C=O) groups excluding carboxylic acids is 1. The van der Waals surface area contributed by atoms with Crippen molar-refractivity contribution in [3.8, 4) is 11.1 Å². The van der Waals surface area contributed by atoms with Crippen LogP contribution in [0, 0.1) is 11.3 Å². The molecule has 2 unspecified atom stereocenters. The molecule has 2 atom stereocenters. The van der Waals surface area contributed by atoms with Crippen LogP contribution in [0.3, 0.4) is 0 Å². The third-order valence-electron chi connectivity index (χ3n) is 6.25. The molecule has 0 aromatic heterocycles. The van der Waals surface area contributed by atoms with Crippen LogP contribution in [0.2, 0.25) is 0 Å². The average Bonchev–Trinajstić information content (AvgIpc) is 3.16. The molecule has 114 valence electrons. The zero-order valence-electron chi connectivity index (χ0n) is 13.2. The molecule has 0 N–H and O–H groups in total. The van der Waals surface area contributed by atoms with E-state index in [1.165, 1.54) is 29.5 Å². The van der Waals surface area contributed by atoms with E-state index in [4.69, 9.17) is 0 Å². The zero-order chi connectivity index (χ0) is 15.4. The fourth-order valence-corrected chi connectivity index (χ4v) is 5.17. The average molecular weight is 300 g/mol. The summed E-state index contributed by atoms with van der Waals surface area (Å²) in [6, 6.07) is 16.8. The Morgan fingerprint density at radius 1 is 0.870 bits per heavy atom. The van der Waals surface area contributed by atoms with Gasteiger partial charge in [0.15, 0.2) is 5.78 Å². The molecule has 1 fully saturated rings. The topological polar surface area (TPSA) is 17.1 Å². The van der Waals surface area contributed by atoms with E-state index in [9.17, 15) is 4.79 Å². The van der Waals surface area contributed by atoms with Crippen molar-refractivity contribution in [3.05, 3.63) is 71.3 Å². The lowest BCUT2D eigenvalue weighted by Crippen LogP contribution is -2.36. The molecule has 1 heteroatoms. The molecule has 3 aliphatic rings. The first kappa shape index (κ1) is 13.3. The summed E-state index contributed by atoms with van der Waals surface area (Å²) in [5, 5.41) is 0. The van der Waals surface area contributed by atoms with Crippen LogP contribution in [0.1, 0.15) is 41.6 Å². The summed E-state index contributed by atoms with van der Waals surface area (Å²) >= 11 is 0. The molecule has 0 saturated heterocycles. The van der Waals surface area contributed by atoms with Gasteiger partial charge >= 0.3 is 0 Å². The van der Waals surface area contributed by atoms with Crippen LogP contribution in [-0.4, -0.2) is 5.78 Å². The van der Waals surface area contributed by atoms with Gasteiger partial charge in [-0.3, -0.25) is 4.79 Å². The van der Waals surface area contributed by atoms with Crippen molar-refractivity contribution < 1.29 is 4.79 Å². The molecule has 5 rings (SSSR count). The zero-order valence-corrected chi connectivity index (χ0v) is 13.2. The van der Waals surface area contributed by atoms with Crippen LogP contribution in [0.15, 0.2) is 60.2 Å². The molecular weight excluding hydrogens is 280 g/mol. The van der Waals surface area contributed by atoms with Gasteiger partial charge in [0.2, 0.25) is 0 Å². The standard InChI is InChI=1S/C22H20O/c23-21-14-22(12-15-9-10-17(22)11-15)13-20-18(7-4-8-19(20)21)16-5-2-1-3-6-16/h1-9,17H,10-14H2. The lowest BCUT2D eigenvalue weighted by atomic mass is 9.63. The summed E-state index contributed by atoms with van der Waals surface area (Å²) in [5.74, 6) is 1.05. The molecular formula is C22H20O. The number of benzene rings is 2. The number of rotatable bonds is 1. The van der Waals surface area contributed by atoms with Gasteiger partial charge in [0.05, 0.1) is 0 Å². The van der Waals surface area contributed by atoms with Crippen LogP contribution >= 0.6 is 0 Å². The van der Waals surface area contributed by atoms with Crippen LogP contribution < -0.4 is 0 Å². The lowest BCUT2D eigenvalue weighted by molar-refractivity contribution is 0.0824. The number of hydrogen-bond donors (Lipinski definition) is 0. The van der Waals surface area contributed by atoms with Crippen LogP contribution in [0.5, 0.6) is 0 Å². The molecule has 2 aromatic rings. The Balaban J connectivity index is 1.66. The minimum absolute atomic E-state index is 0.207. The Kier molecular flexibility index (Phi) is 2.70. The van der Waals surface area contributed by atoms with Crippen molar-refractivity contribution >= 4 is 5.78 Å². The van der Waals surface area contributed by atoms with E-state index >= 15 is 0 Å². The van der Waals surface area contributed by atoms with E-state index in [1.54, 1.807) is 5.57 Å². The van der Waals surface area contributed by atoms with E-state index in [1.807, 2.05) is 18.2 Å². The minimum Gasteiger partial charge on any atom is -0.294 e. The van der Waals surface area contributed by atoms with Gasteiger partial charge in [0, 0.05) is 12.0 Å². The third-order valence-corrected chi connectivity index (χ3v) is 6.25. The Hall–Kier alpha value is -2.15. The molecule has 1 saturated carbocycles. The van der Waals surface area contributed by atoms with Crippen LogP contribution in [-0.2, 0) is 6.42 Å². The van der Waals surface area contributed by atoms with E-state index in [0.29, 0.717) is 11.7 Å². The van der Waals surface area contributed by atoms with Gasteiger partial charge in [-0.2, -0.15) is 0 Å². The fraction of sp³-hybridized carbons (Fsp3) is 0.318. The molecule has 1 nitrogen and oxygen atoms in total. The highest BCUT2D eigenvalue weighted by atomic mass is 16.1. The maximum atomic E-state index is 12.9. The minimum atomic E-state index is 0.207. The second kappa shape index (κ2) is 4.67. The molecule has 2 bridgehead atoms. The number of allylic oxidation sites excluding steroid dienone is 2. The van der Waals surface area contributed by atoms with Crippen LogP contribution in [0.4, 0.5) is 0 Å². The number of ketones is 1. The summed E-state index contributed by atoms with van der Waals surface area (Å²) in [5.41, 5.74) is 6.56. The SMILES string of the molecule is O=C1CC2(CC3=CCC2C3)Cc2c1cccc2-c1ccccc1. The van der Waals surface area contributed by atoms with Gasteiger partial charge in [-0.05, 0) is 53.7 Å². The molecule has 3 aliphatic carbocycles. The van der Waals surface area contributed by atoms with Gasteiger partial charge in [0.1, 0.15) is 0 Å². The molecule has 0 aliphatic heterocycles. The second-order valence-corrected chi connectivity index (χ2v) is 7.51. The van der Waals surface area contributed by atoms with E-state index in [-0.39, 0.29) is 5.41 Å². The van der Waals surface area contributed by atoms with Crippen molar-refractivity contribution in [1.29, 1.82) is 0 Å². The first-order valence-corrected chi connectivity index (χ1v) is 8.64. The molecule has 23 heavy (non-hydrogen) atoms. The highest BCUT2D eigenvalue weighted by molar-refractivity contribution is 6.01. The largest absolute Gasteiger partial charge is 0.294 e. The summed E-state index contributed by atoms with van der Waals surface area (Å²) < 4.78 is 0. The summed E-state index contributed by atoms with van der Waals surface area (Å²) in [4.78, 5) is 12.9. The van der Waals surface area contributed by atoms with Gasteiger partial charge in [-0.25, -0.2) is 0 Å². The van der Waals surface area contributed by atoms with Gasteiger partial charge in [-0.15, -0.1) is 0 Å². The Morgan fingerprint density at radius 2 is 1.70 bits per heavy atom. The first-order chi connectivity index (χ1) is 11.3. The van der Waals surface area contributed by atoms with Crippen molar-refractivity contribution in [3.63, 3.8) is 0 Å². The second-order valence-electron chi connectivity index (χ2n) is 7.51. The van der Waals surface area contributed by atoms with Crippen molar-refractivity contribution in [1.82, 2.24) is 0 Å². The molecule has 2 aromatic carbocycles. The monoisotopic (exact) mass is 300 g/mol. The van der Waals surface area contributed by atoms with Crippen molar-refractivity contribution in [2.75, 3.05) is 0 Å². The lowest BCUT2D eigenvalue weighted by Gasteiger charge is -2.40. The smallest absolute Gasteiger partial charge is 0.163 e. The number of fused-ring (bicyclic) bond motifs is 4. The predicted molar refractivity (Wildman–Crippen MR) is 92.4 cm³/mol. The third kappa shape index (κ3) is 1.89. The Bertz CT molecular complexity index is 830. The maximum absolute atomic E-state index is 12.9. The number of Topliss-reactive ketones (excluding diaryl/α,β-unsaturated/α-hetero) is 1. The maximum Gasteiger partial charge on any atom is 0.163 e. The van der Waals surface area contributed by atoms with Crippen LogP contribution in [0.25, 0.3) is 11.1 Å². The predicted octanol–water partition coefficient (Wildman–Crippen LogP) is 5.21. The highest BCUT2D eigenvalue weighted by Gasteiger charge is 2.50. The van der Waals surface area contributed by atoms with Gasteiger partial charge in [-0.1, -0.05) is 60.2 Å². The van der Waals surface area contributed by atoms with E-state index < -0.39 is 0 Å². The number of hydrogen-bond acceptors (Lipinski definition) is 1. The normalized spacial score (nSPS) is 28.1. The Labute approximate surface area is 137 Å². The Morgan fingerprint density at radius 3 is 2.43 bits per heavy atom. The summed E-state index contributed by atoms with van der Waals surface area (Å²) in [6.45, 7) is 0. The van der Waals surface area contributed by atoms with Gasteiger partial charge in [0.25, 0.3) is 0 Å². The van der Waals surface area contributed by atoms with E-state index in [2.05, 4.69) is 36.4 Å². The van der Waals surface area contributed by atoms with E-state index in [0.717, 1.165) is 24.8 Å². The fourth-order valence-electron chi connectivity index (χ4n) is 5.17.